The molecule has 2 saturated heterocycles. The Morgan fingerprint density at radius 2 is 1.60 bits per heavy atom. The lowest BCUT2D eigenvalue weighted by molar-refractivity contribution is -0.149. The molecule has 0 bridgehead atoms. The van der Waals surface area contributed by atoms with E-state index >= 15 is 0 Å². The summed E-state index contributed by atoms with van der Waals surface area (Å²) in [5, 5.41) is 39.3. The van der Waals surface area contributed by atoms with Gasteiger partial charge in [-0.15, -0.1) is 0 Å². The van der Waals surface area contributed by atoms with Gasteiger partial charge in [-0.05, 0) is 31.6 Å². The topological polar surface area (TPSA) is 104 Å². The summed E-state index contributed by atoms with van der Waals surface area (Å²) < 4.78 is 0. The SMILES string of the molecule is O=C(C1CCCC1)N1CCC(CN2C[C@H](O)[C@@H](O)[C@H](O)[C@@H]2CO)CC1. The van der Waals surface area contributed by atoms with Crippen LogP contribution in [-0.4, -0.2) is 93.3 Å². The largest absolute Gasteiger partial charge is 0.395 e. The number of aliphatic hydroxyl groups is 4. The molecule has 3 rings (SSSR count). The van der Waals surface area contributed by atoms with Crippen LogP contribution in [0.4, 0.5) is 0 Å². The van der Waals surface area contributed by atoms with Crippen LogP contribution in [0, 0.1) is 11.8 Å². The lowest BCUT2D eigenvalue weighted by Gasteiger charge is -2.45. The number of rotatable bonds is 4. The summed E-state index contributed by atoms with van der Waals surface area (Å²) in [5.74, 6) is 0.914. The van der Waals surface area contributed by atoms with Crippen molar-refractivity contribution in [1.82, 2.24) is 9.80 Å². The van der Waals surface area contributed by atoms with Crippen molar-refractivity contribution in [3.63, 3.8) is 0 Å². The van der Waals surface area contributed by atoms with Gasteiger partial charge in [-0.25, -0.2) is 0 Å². The fourth-order valence-corrected chi connectivity index (χ4v) is 4.69. The number of carbonyl (C=O) groups is 1. The molecule has 7 heteroatoms. The zero-order chi connectivity index (χ0) is 18.0. The fraction of sp³-hybridized carbons (Fsp3) is 0.944. The molecule has 7 nitrogen and oxygen atoms in total. The number of amides is 1. The zero-order valence-electron chi connectivity index (χ0n) is 14.8. The number of nitrogens with zero attached hydrogens (tertiary/aromatic N) is 2. The van der Waals surface area contributed by atoms with E-state index in [1.54, 1.807) is 0 Å². The second-order valence-electron chi connectivity index (χ2n) is 8.00. The first-order valence-electron chi connectivity index (χ1n) is 9.69. The Balaban J connectivity index is 1.50. The minimum Gasteiger partial charge on any atom is -0.395 e. The predicted molar refractivity (Wildman–Crippen MR) is 91.7 cm³/mol. The highest BCUT2D eigenvalue weighted by molar-refractivity contribution is 5.79. The van der Waals surface area contributed by atoms with E-state index in [-0.39, 0.29) is 19.1 Å². The highest BCUT2D eigenvalue weighted by atomic mass is 16.4. The van der Waals surface area contributed by atoms with Crippen LogP contribution in [-0.2, 0) is 4.79 Å². The number of hydrogen-bond donors (Lipinski definition) is 4. The lowest BCUT2D eigenvalue weighted by Crippen LogP contribution is -2.63. The molecular formula is C18H32N2O5. The number of piperidine rings is 2. The quantitative estimate of drug-likeness (QED) is 0.524. The third-order valence-electron chi connectivity index (χ3n) is 6.34. The summed E-state index contributed by atoms with van der Waals surface area (Å²) >= 11 is 0. The molecule has 0 spiro atoms. The smallest absolute Gasteiger partial charge is 0.225 e. The van der Waals surface area contributed by atoms with E-state index in [4.69, 9.17) is 0 Å². The molecule has 4 N–H and O–H groups in total. The standard InChI is InChI=1S/C18H32N2O5/c21-11-14-16(23)17(24)15(22)10-20(14)9-12-5-7-19(8-6-12)18(25)13-3-1-2-4-13/h12-17,21-24H,1-11H2/t14-,15-,16+,17+/m0/s1. The molecule has 25 heavy (non-hydrogen) atoms. The van der Waals surface area contributed by atoms with Gasteiger partial charge in [0, 0.05) is 32.1 Å². The van der Waals surface area contributed by atoms with E-state index in [2.05, 4.69) is 0 Å². The molecule has 144 valence electrons. The van der Waals surface area contributed by atoms with Gasteiger partial charge in [0.2, 0.25) is 5.91 Å². The second kappa shape index (κ2) is 8.31. The van der Waals surface area contributed by atoms with Gasteiger partial charge in [-0.2, -0.15) is 0 Å². The molecule has 0 aromatic rings. The van der Waals surface area contributed by atoms with Crippen molar-refractivity contribution in [1.29, 1.82) is 0 Å². The van der Waals surface area contributed by atoms with Gasteiger partial charge >= 0.3 is 0 Å². The van der Waals surface area contributed by atoms with Crippen molar-refractivity contribution in [3.8, 4) is 0 Å². The minimum atomic E-state index is -1.21. The number of hydrogen-bond acceptors (Lipinski definition) is 6. The van der Waals surface area contributed by atoms with Crippen LogP contribution in [0.15, 0.2) is 0 Å². The Labute approximate surface area is 149 Å². The Kier molecular flexibility index (Phi) is 6.33. The van der Waals surface area contributed by atoms with Crippen LogP contribution in [0.25, 0.3) is 0 Å². The van der Waals surface area contributed by atoms with E-state index < -0.39 is 24.4 Å². The van der Waals surface area contributed by atoms with Gasteiger partial charge < -0.3 is 25.3 Å². The average molecular weight is 356 g/mol. The maximum atomic E-state index is 12.5. The molecule has 1 amide bonds. The van der Waals surface area contributed by atoms with Crippen LogP contribution in [0.5, 0.6) is 0 Å². The van der Waals surface area contributed by atoms with Crippen LogP contribution < -0.4 is 0 Å². The van der Waals surface area contributed by atoms with E-state index in [1.807, 2.05) is 9.80 Å². The average Bonchev–Trinajstić information content (AvgIpc) is 3.15. The van der Waals surface area contributed by atoms with Gasteiger partial charge in [0.25, 0.3) is 0 Å². The molecule has 0 unspecified atom stereocenters. The van der Waals surface area contributed by atoms with Gasteiger partial charge in [0.05, 0.1) is 18.8 Å². The molecule has 0 aromatic carbocycles. The third-order valence-corrected chi connectivity index (χ3v) is 6.34. The minimum absolute atomic E-state index is 0.226. The highest BCUT2D eigenvalue weighted by Gasteiger charge is 2.42. The fourth-order valence-electron chi connectivity index (χ4n) is 4.69. The molecule has 3 aliphatic rings. The number of aliphatic hydroxyl groups excluding tert-OH is 4. The Bertz CT molecular complexity index is 449. The highest BCUT2D eigenvalue weighted by Crippen LogP contribution is 2.29. The van der Waals surface area contributed by atoms with Gasteiger partial charge in [0.15, 0.2) is 0 Å². The van der Waals surface area contributed by atoms with Crippen molar-refractivity contribution in [2.24, 2.45) is 11.8 Å². The number of carbonyl (C=O) groups excluding carboxylic acids is 1. The molecule has 3 fully saturated rings. The van der Waals surface area contributed by atoms with E-state index in [0.717, 1.165) is 38.8 Å². The summed E-state index contributed by atoms with van der Waals surface area (Å²) in [7, 11) is 0. The molecule has 2 aliphatic heterocycles. The van der Waals surface area contributed by atoms with Gasteiger partial charge in [0.1, 0.15) is 12.2 Å². The van der Waals surface area contributed by atoms with Crippen molar-refractivity contribution in [3.05, 3.63) is 0 Å². The van der Waals surface area contributed by atoms with Gasteiger partial charge in [-0.1, -0.05) is 12.8 Å². The molecule has 0 aromatic heterocycles. The number of likely N-dealkylation sites (tertiary alicyclic amines) is 2. The molecular weight excluding hydrogens is 324 g/mol. The first-order chi connectivity index (χ1) is 12.0. The summed E-state index contributed by atoms with van der Waals surface area (Å²) in [6, 6.07) is -0.545. The van der Waals surface area contributed by atoms with Crippen LogP contribution in [0.3, 0.4) is 0 Å². The first-order valence-corrected chi connectivity index (χ1v) is 9.69. The molecule has 0 radical (unpaired) electrons. The first kappa shape index (κ1) is 19.0. The molecule has 4 atom stereocenters. The summed E-state index contributed by atoms with van der Waals surface area (Å²) in [6.45, 7) is 2.21. The van der Waals surface area contributed by atoms with E-state index in [0.29, 0.717) is 18.4 Å². The maximum absolute atomic E-state index is 12.5. The number of β-amino-alcohol motifs (C(OH)–C–C–N with tert-alkyl or cyclic N) is 1. The molecule has 2 heterocycles. The third kappa shape index (κ3) is 4.17. The van der Waals surface area contributed by atoms with Crippen LogP contribution in [0.2, 0.25) is 0 Å². The molecule has 1 saturated carbocycles. The lowest BCUT2D eigenvalue weighted by atomic mass is 9.90. The molecule has 1 aliphatic carbocycles. The van der Waals surface area contributed by atoms with Gasteiger partial charge in [-0.3, -0.25) is 9.69 Å². The summed E-state index contributed by atoms with van der Waals surface area (Å²) in [4.78, 5) is 16.4. The van der Waals surface area contributed by atoms with E-state index in [9.17, 15) is 25.2 Å². The second-order valence-corrected chi connectivity index (χ2v) is 8.00. The van der Waals surface area contributed by atoms with Crippen molar-refractivity contribution in [2.75, 3.05) is 32.8 Å². The predicted octanol–water partition coefficient (Wildman–Crippen LogP) is -0.826. The van der Waals surface area contributed by atoms with Crippen LogP contribution >= 0.6 is 0 Å². The Morgan fingerprint density at radius 3 is 2.20 bits per heavy atom. The maximum Gasteiger partial charge on any atom is 0.225 e. The van der Waals surface area contributed by atoms with Crippen molar-refractivity contribution in [2.45, 2.75) is 62.9 Å². The summed E-state index contributed by atoms with van der Waals surface area (Å²) in [5.41, 5.74) is 0. The Morgan fingerprint density at radius 1 is 0.960 bits per heavy atom. The zero-order valence-corrected chi connectivity index (χ0v) is 14.8. The van der Waals surface area contributed by atoms with E-state index in [1.165, 1.54) is 12.8 Å². The monoisotopic (exact) mass is 356 g/mol. The van der Waals surface area contributed by atoms with Crippen molar-refractivity contribution >= 4 is 5.91 Å². The summed E-state index contributed by atoms with van der Waals surface area (Å²) in [6.07, 6.45) is 2.86. The van der Waals surface area contributed by atoms with Crippen LogP contribution in [0.1, 0.15) is 38.5 Å². The van der Waals surface area contributed by atoms with Crippen molar-refractivity contribution < 1.29 is 25.2 Å². The Hall–Kier alpha value is -0.730. The normalized spacial score (nSPS) is 36.1.